The predicted molar refractivity (Wildman–Crippen MR) is 92.1 cm³/mol. The Hall–Kier alpha value is -2.88. The van der Waals surface area contributed by atoms with Crippen molar-refractivity contribution >= 4 is 17.5 Å². The molecule has 7 nitrogen and oxygen atoms in total. The van der Waals surface area contributed by atoms with Crippen LogP contribution >= 0.6 is 0 Å². The molecule has 0 bridgehead atoms. The molecule has 2 aliphatic rings. The molecule has 0 unspecified atom stereocenters. The van der Waals surface area contributed by atoms with Gasteiger partial charge < -0.3 is 15.0 Å². The summed E-state index contributed by atoms with van der Waals surface area (Å²) in [5.41, 5.74) is -0.200. The lowest BCUT2D eigenvalue weighted by molar-refractivity contribution is -0.137. The number of aromatic nitrogens is 2. The van der Waals surface area contributed by atoms with Crippen LogP contribution in [0.4, 0.5) is 18.9 Å². The van der Waals surface area contributed by atoms with Crippen molar-refractivity contribution in [3.05, 3.63) is 47.3 Å². The zero-order chi connectivity index (χ0) is 20.1. The second-order valence-corrected chi connectivity index (χ2v) is 6.87. The quantitative estimate of drug-likeness (QED) is 0.867. The number of rotatable bonds is 3. The number of hydrogen-bond acceptors (Lipinski definition) is 4. The Morgan fingerprint density at radius 3 is 2.50 bits per heavy atom. The Morgan fingerprint density at radius 1 is 1.25 bits per heavy atom. The molecule has 3 heterocycles. The molecule has 1 atom stereocenters. The van der Waals surface area contributed by atoms with Crippen molar-refractivity contribution in [2.45, 2.75) is 25.2 Å². The van der Waals surface area contributed by atoms with Gasteiger partial charge in [0.25, 0.3) is 11.8 Å². The molecule has 2 aromatic rings. The Kier molecular flexibility index (Phi) is 4.37. The zero-order valence-corrected chi connectivity index (χ0v) is 14.9. The molecule has 2 aliphatic heterocycles. The van der Waals surface area contributed by atoms with E-state index in [-0.39, 0.29) is 29.9 Å². The van der Waals surface area contributed by atoms with Crippen LogP contribution in [-0.2, 0) is 10.9 Å². The lowest BCUT2D eigenvalue weighted by Crippen LogP contribution is -2.49. The van der Waals surface area contributed by atoms with Crippen molar-refractivity contribution in [2.24, 2.45) is 0 Å². The number of nitrogens with one attached hydrogen (secondary N) is 1. The third-order valence-corrected chi connectivity index (χ3v) is 4.83. The summed E-state index contributed by atoms with van der Waals surface area (Å²) in [6.07, 6.45) is -3.11. The highest BCUT2D eigenvalue weighted by molar-refractivity contribution is 6.12. The van der Waals surface area contributed by atoms with Gasteiger partial charge in [0, 0.05) is 12.2 Å². The number of halogens is 3. The summed E-state index contributed by atoms with van der Waals surface area (Å²) in [4.78, 5) is 26.9. The molecule has 1 aromatic carbocycles. The minimum Gasteiger partial charge on any atom is -0.377 e. The van der Waals surface area contributed by atoms with E-state index in [0.29, 0.717) is 18.9 Å². The van der Waals surface area contributed by atoms with Crippen molar-refractivity contribution in [1.82, 2.24) is 15.1 Å². The van der Waals surface area contributed by atoms with Gasteiger partial charge in [0.2, 0.25) is 0 Å². The summed E-state index contributed by atoms with van der Waals surface area (Å²) in [6, 6.07) is 4.02. The number of nitrogens with zero attached hydrogens (tertiary/aromatic N) is 3. The standard InChI is InChI=1S/C18H17F3N4O3/c1-10-7-24(13-4-2-11(3-5-13)18(19,20)21)17(27)15-14(6-22-25(10)15)16(26)23-12-8-28-9-12/h2-6,10,12H,7-9H2,1H3,(H,23,26)/t10-/m0/s1. The molecule has 0 spiro atoms. The first-order chi connectivity index (χ1) is 13.3. The highest BCUT2D eigenvalue weighted by Crippen LogP contribution is 2.32. The molecule has 1 aromatic heterocycles. The molecule has 1 N–H and O–H groups in total. The average molecular weight is 394 g/mol. The lowest BCUT2D eigenvalue weighted by atomic mass is 10.1. The number of anilines is 1. The van der Waals surface area contributed by atoms with Crippen LogP contribution in [0.5, 0.6) is 0 Å². The molecule has 1 saturated heterocycles. The summed E-state index contributed by atoms with van der Waals surface area (Å²) in [5.74, 6) is -0.908. The Bertz CT molecular complexity index is 919. The van der Waals surface area contributed by atoms with Crippen molar-refractivity contribution in [3.8, 4) is 0 Å². The number of carbonyl (C=O) groups is 2. The maximum atomic E-state index is 13.0. The minimum atomic E-state index is -4.45. The van der Waals surface area contributed by atoms with E-state index in [1.165, 1.54) is 27.9 Å². The molecular formula is C18H17F3N4O3. The van der Waals surface area contributed by atoms with E-state index < -0.39 is 23.6 Å². The van der Waals surface area contributed by atoms with Crippen LogP contribution in [-0.4, -0.2) is 47.4 Å². The topological polar surface area (TPSA) is 76.5 Å². The van der Waals surface area contributed by atoms with Gasteiger partial charge in [0.05, 0.1) is 42.6 Å². The number of benzene rings is 1. The molecular weight excluding hydrogens is 377 g/mol. The van der Waals surface area contributed by atoms with Crippen LogP contribution in [0.2, 0.25) is 0 Å². The molecule has 28 heavy (non-hydrogen) atoms. The number of ether oxygens (including phenoxy) is 1. The minimum absolute atomic E-state index is 0.106. The summed E-state index contributed by atoms with van der Waals surface area (Å²) in [7, 11) is 0. The summed E-state index contributed by atoms with van der Waals surface area (Å²) >= 11 is 0. The first-order valence-corrected chi connectivity index (χ1v) is 8.71. The van der Waals surface area contributed by atoms with E-state index in [1.807, 2.05) is 6.92 Å². The normalized spacial score (nSPS) is 19.9. The maximum Gasteiger partial charge on any atom is 0.416 e. The Morgan fingerprint density at radius 2 is 1.93 bits per heavy atom. The smallest absolute Gasteiger partial charge is 0.377 e. The third kappa shape index (κ3) is 3.13. The van der Waals surface area contributed by atoms with E-state index in [4.69, 9.17) is 4.74 Å². The number of amides is 2. The van der Waals surface area contributed by atoms with Gasteiger partial charge in [0.1, 0.15) is 5.69 Å². The van der Waals surface area contributed by atoms with Crippen LogP contribution < -0.4 is 10.2 Å². The Labute approximate surface area is 158 Å². The summed E-state index contributed by atoms with van der Waals surface area (Å²) < 4.78 is 44.9. The van der Waals surface area contributed by atoms with Gasteiger partial charge in [-0.1, -0.05) is 0 Å². The number of hydrogen-bond donors (Lipinski definition) is 1. The van der Waals surface area contributed by atoms with Gasteiger partial charge in [-0.05, 0) is 31.2 Å². The SMILES string of the molecule is C[C@H]1CN(c2ccc(C(F)(F)F)cc2)C(=O)c2c(C(=O)NC3COC3)cnn21. The molecule has 148 valence electrons. The molecule has 4 rings (SSSR count). The van der Waals surface area contributed by atoms with Gasteiger partial charge in [-0.25, -0.2) is 0 Å². The van der Waals surface area contributed by atoms with Crippen LogP contribution in [0.15, 0.2) is 30.5 Å². The van der Waals surface area contributed by atoms with Gasteiger partial charge >= 0.3 is 6.18 Å². The first kappa shape index (κ1) is 18.5. The van der Waals surface area contributed by atoms with E-state index in [1.54, 1.807) is 0 Å². The van der Waals surface area contributed by atoms with E-state index >= 15 is 0 Å². The van der Waals surface area contributed by atoms with Gasteiger partial charge in [-0.2, -0.15) is 18.3 Å². The van der Waals surface area contributed by atoms with Crippen molar-refractivity contribution in [3.63, 3.8) is 0 Å². The second-order valence-electron chi connectivity index (χ2n) is 6.87. The van der Waals surface area contributed by atoms with Crippen molar-refractivity contribution < 1.29 is 27.5 Å². The number of fused-ring (bicyclic) bond motifs is 1. The third-order valence-electron chi connectivity index (χ3n) is 4.83. The van der Waals surface area contributed by atoms with Gasteiger partial charge in [-0.3, -0.25) is 14.3 Å². The fourth-order valence-electron chi connectivity index (χ4n) is 3.26. The molecule has 2 amide bonds. The highest BCUT2D eigenvalue weighted by atomic mass is 19.4. The maximum absolute atomic E-state index is 13.0. The predicted octanol–water partition coefficient (Wildman–Crippen LogP) is 2.25. The summed E-state index contributed by atoms with van der Waals surface area (Å²) in [5, 5.41) is 6.93. The highest BCUT2D eigenvalue weighted by Gasteiger charge is 2.36. The fraction of sp³-hybridized carbons (Fsp3) is 0.389. The van der Waals surface area contributed by atoms with Crippen LogP contribution in [0, 0.1) is 0 Å². The number of carbonyl (C=O) groups excluding carboxylic acids is 2. The van der Waals surface area contributed by atoms with Crippen LogP contribution in [0.1, 0.15) is 39.4 Å². The Balaban J connectivity index is 1.63. The molecule has 10 heteroatoms. The molecule has 1 fully saturated rings. The van der Waals surface area contributed by atoms with Crippen LogP contribution in [0.3, 0.4) is 0 Å². The molecule has 0 aliphatic carbocycles. The van der Waals surface area contributed by atoms with E-state index in [9.17, 15) is 22.8 Å². The monoisotopic (exact) mass is 394 g/mol. The van der Waals surface area contributed by atoms with E-state index in [2.05, 4.69) is 10.4 Å². The molecule has 0 saturated carbocycles. The van der Waals surface area contributed by atoms with Crippen LogP contribution in [0.25, 0.3) is 0 Å². The van der Waals surface area contributed by atoms with Gasteiger partial charge in [0.15, 0.2) is 0 Å². The number of alkyl halides is 3. The molecule has 0 radical (unpaired) electrons. The largest absolute Gasteiger partial charge is 0.416 e. The van der Waals surface area contributed by atoms with E-state index in [0.717, 1.165) is 12.1 Å². The van der Waals surface area contributed by atoms with Crippen molar-refractivity contribution in [2.75, 3.05) is 24.7 Å². The first-order valence-electron chi connectivity index (χ1n) is 8.71. The zero-order valence-electron chi connectivity index (χ0n) is 14.9. The van der Waals surface area contributed by atoms with Gasteiger partial charge in [-0.15, -0.1) is 0 Å². The fourth-order valence-corrected chi connectivity index (χ4v) is 3.26. The average Bonchev–Trinajstić information content (AvgIpc) is 3.06. The van der Waals surface area contributed by atoms with Crippen molar-refractivity contribution in [1.29, 1.82) is 0 Å². The summed E-state index contributed by atoms with van der Waals surface area (Å²) in [6.45, 7) is 2.88. The lowest BCUT2D eigenvalue weighted by Gasteiger charge is -2.32. The second kappa shape index (κ2) is 6.62.